The summed E-state index contributed by atoms with van der Waals surface area (Å²) in [5.41, 5.74) is -0.427. The zero-order valence-corrected chi connectivity index (χ0v) is 21.3. The third kappa shape index (κ3) is 5.88. The molecule has 198 valence electrons. The van der Waals surface area contributed by atoms with Crippen molar-refractivity contribution in [2.45, 2.75) is 33.2 Å². The van der Waals surface area contributed by atoms with Crippen molar-refractivity contribution in [1.29, 1.82) is 0 Å². The maximum Gasteiger partial charge on any atom is 0.352 e. The first-order valence-corrected chi connectivity index (χ1v) is 12.4. The van der Waals surface area contributed by atoms with E-state index in [0.29, 0.717) is 36.3 Å². The number of carbonyl (C=O) groups is 3. The van der Waals surface area contributed by atoms with Crippen molar-refractivity contribution in [2.75, 3.05) is 25.0 Å². The van der Waals surface area contributed by atoms with Gasteiger partial charge in [-0.3, -0.25) is 23.7 Å². The third-order valence-corrected chi connectivity index (χ3v) is 6.21. The van der Waals surface area contributed by atoms with E-state index < -0.39 is 28.8 Å². The Hall–Kier alpha value is -4.54. The first-order chi connectivity index (χ1) is 18.3. The zero-order chi connectivity index (χ0) is 27.2. The van der Waals surface area contributed by atoms with Gasteiger partial charge in [0, 0.05) is 25.7 Å². The van der Waals surface area contributed by atoms with E-state index in [9.17, 15) is 24.0 Å². The van der Waals surface area contributed by atoms with Gasteiger partial charge in [-0.25, -0.2) is 4.79 Å². The molecule has 1 fully saturated rings. The number of anilines is 1. The van der Waals surface area contributed by atoms with Gasteiger partial charge in [-0.05, 0) is 49.6 Å². The minimum Gasteiger partial charge on any atom is -0.466 e. The van der Waals surface area contributed by atoms with Gasteiger partial charge in [-0.2, -0.15) is 9.78 Å². The quantitative estimate of drug-likeness (QED) is 0.471. The zero-order valence-electron chi connectivity index (χ0n) is 21.3. The number of hydrogen-bond acceptors (Lipinski definition) is 7. The predicted octanol–water partition coefficient (Wildman–Crippen LogP) is 1.82. The summed E-state index contributed by atoms with van der Waals surface area (Å²) in [6.45, 7) is 3.72. The average Bonchev–Trinajstić information content (AvgIpc) is 2.92. The molecule has 0 bridgehead atoms. The van der Waals surface area contributed by atoms with Gasteiger partial charge in [0.1, 0.15) is 0 Å². The van der Waals surface area contributed by atoms with Crippen molar-refractivity contribution in [3.05, 3.63) is 86.7 Å². The van der Waals surface area contributed by atoms with E-state index in [0.717, 1.165) is 9.25 Å². The second-order valence-corrected chi connectivity index (χ2v) is 8.99. The molecule has 1 aromatic heterocycles. The standard InChI is InChI=1S/C27H29N5O6/c1-3-38-26(36)20-10-7-15-30(17-20)24(34)23-25(35)31(16-19-8-5-4-6-9-19)27(37)32(29-23)22-13-11-21(12-14-22)28-18(2)33/h4-6,8-9,11-14,20H,3,7,10,15-17H2,1-2H3,(H,28,33). The highest BCUT2D eigenvalue weighted by atomic mass is 16.5. The lowest BCUT2D eigenvalue weighted by molar-refractivity contribution is -0.149. The minimum absolute atomic E-state index is 0.0588. The van der Waals surface area contributed by atoms with Crippen LogP contribution in [0.2, 0.25) is 0 Å². The number of benzene rings is 2. The number of rotatable bonds is 7. The number of carbonyl (C=O) groups excluding carboxylic acids is 3. The maximum atomic E-state index is 13.6. The highest BCUT2D eigenvalue weighted by Crippen LogP contribution is 2.19. The second-order valence-electron chi connectivity index (χ2n) is 8.99. The van der Waals surface area contributed by atoms with Gasteiger partial charge in [0.25, 0.3) is 11.5 Å². The molecule has 1 atom stereocenters. The van der Waals surface area contributed by atoms with Crippen molar-refractivity contribution in [2.24, 2.45) is 5.92 Å². The monoisotopic (exact) mass is 519 g/mol. The van der Waals surface area contributed by atoms with E-state index in [1.807, 2.05) is 6.07 Å². The molecule has 0 saturated carbocycles. The normalized spacial score (nSPS) is 15.1. The van der Waals surface area contributed by atoms with E-state index in [-0.39, 0.29) is 31.6 Å². The van der Waals surface area contributed by atoms with Crippen molar-refractivity contribution in [3.8, 4) is 5.69 Å². The average molecular weight is 520 g/mol. The van der Waals surface area contributed by atoms with Crippen molar-refractivity contribution >= 4 is 23.5 Å². The van der Waals surface area contributed by atoms with Crippen LogP contribution in [0, 0.1) is 5.92 Å². The molecule has 38 heavy (non-hydrogen) atoms. The molecule has 1 N–H and O–H groups in total. The van der Waals surface area contributed by atoms with Crippen LogP contribution in [-0.2, 0) is 20.9 Å². The fourth-order valence-corrected chi connectivity index (χ4v) is 4.38. The fraction of sp³-hybridized carbons (Fsp3) is 0.333. The Kier molecular flexibility index (Phi) is 8.15. The van der Waals surface area contributed by atoms with Crippen LogP contribution >= 0.6 is 0 Å². The van der Waals surface area contributed by atoms with Gasteiger partial charge in [-0.1, -0.05) is 30.3 Å². The van der Waals surface area contributed by atoms with Crippen molar-refractivity contribution < 1.29 is 19.1 Å². The number of piperidine rings is 1. The molecular formula is C27H29N5O6. The summed E-state index contributed by atoms with van der Waals surface area (Å²) in [6.07, 6.45) is 1.14. The molecule has 11 nitrogen and oxygen atoms in total. The van der Waals surface area contributed by atoms with Crippen molar-refractivity contribution in [1.82, 2.24) is 19.2 Å². The molecule has 1 aliphatic heterocycles. The van der Waals surface area contributed by atoms with E-state index in [1.165, 1.54) is 11.8 Å². The Morgan fingerprint density at radius 3 is 2.42 bits per heavy atom. The number of esters is 1. The second kappa shape index (κ2) is 11.7. The summed E-state index contributed by atoms with van der Waals surface area (Å²) in [4.78, 5) is 65.5. The highest BCUT2D eigenvalue weighted by molar-refractivity contribution is 5.92. The van der Waals surface area contributed by atoms with Crippen molar-refractivity contribution in [3.63, 3.8) is 0 Å². The summed E-state index contributed by atoms with van der Waals surface area (Å²) in [7, 11) is 0. The summed E-state index contributed by atoms with van der Waals surface area (Å²) in [6, 6.07) is 15.2. The Morgan fingerprint density at radius 1 is 1.05 bits per heavy atom. The van der Waals surface area contributed by atoms with E-state index >= 15 is 0 Å². The number of nitrogens with zero attached hydrogens (tertiary/aromatic N) is 4. The summed E-state index contributed by atoms with van der Waals surface area (Å²) < 4.78 is 7.10. The molecule has 0 spiro atoms. The number of nitrogens with one attached hydrogen (secondary N) is 1. The van der Waals surface area contributed by atoms with Gasteiger partial charge >= 0.3 is 11.7 Å². The smallest absolute Gasteiger partial charge is 0.352 e. The van der Waals surface area contributed by atoms with Crippen LogP contribution in [0.25, 0.3) is 5.69 Å². The molecule has 0 aliphatic carbocycles. The number of hydrogen-bond donors (Lipinski definition) is 1. The van der Waals surface area contributed by atoms with Gasteiger partial charge < -0.3 is 15.0 Å². The first-order valence-electron chi connectivity index (χ1n) is 12.4. The van der Waals surface area contributed by atoms with Crippen LogP contribution in [0.4, 0.5) is 5.69 Å². The molecule has 3 aromatic rings. The summed E-state index contributed by atoms with van der Waals surface area (Å²) >= 11 is 0. The van der Waals surface area contributed by atoms with Crippen LogP contribution in [-0.4, -0.2) is 56.7 Å². The number of amides is 2. The first kappa shape index (κ1) is 26.5. The Labute approximate surface area is 218 Å². The Bertz CT molecular complexity index is 1450. The van der Waals surface area contributed by atoms with Gasteiger partial charge in [-0.15, -0.1) is 0 Å². The summed E-state index contributed by atoms with van der Waals surface area (Å²) in [5, 5.41) is 6.84. The highest BCUT2D eigenvalue weighted by Gasteiger charge is 2.32. The Balaban J connectivity index is 1.76. The molecular weight excluding hydrogens is 490 g/mol. The van der Waals surface area contributed by atoms with E-state index in [4.69, 9.17) is 4.74 Å². The largest absolute Gasteiger partial charge is 0.466 e. The fourth-order valence-electron chi connectivity index (χ4n) is 4.38. The Morgan fingerprint density at radius 2 is 1.76 bits per heavy atom. The number of aromatic nitrogens is 3. The van der Waals surface area contributed by atoms with Crippen LogP contribution in [0.3, 0.4) is 0 Å². The molecule has 2 aromatic carbocycles. The van der Waals surface area contributed by atoms with Crippen LogP contribution in [0.5, 0.6) is 0 Å². The lowest BCUT2D eigenvalue weighted by Crippen LogP contribution is -2.49. The van der Waals surface area contributed by atoms with E-state index in [1.54, 1.807) is 55.5 Å². The molecule has 1 saturated heterocycles. The van der Waals surface area contributed by atoms with Crippen LogP contribution in [0.15, 0.2) is 64.2 Å². The molecule has 4 rings (SSSR count). The van der Waals surface area contributed by atoms with Gasteiger partial charge in [0.2, 0.25) is 11.6 Å². The molecule has 1 aliphatic rings. The molecule has 2 heterocycles. The maximum absolute atomic E-state index is 13.6. The minimum atomic E-state index is -0.812. The molecule has 11 heteroatoms. The predicted molar refractivity (Wildman–Crippen MR) is 139 cm³/mol. The number of likely N-dealkylation sites (tertiary alicyclic amines) is 1. The van der Waals surface area contributed by atoms with Crippen LogP contribution < -0.4 is 16.6 Å². The lowest BCUT2D eigenvalue weighted by Gasteiger charge is -2.31. The number of ether oxygens (including phenoxy) is 1. The van der Waals surface area contributed by atoms with E-state index in [2.05, 4.69) is 10.4 Å². The van der Waals surface area contributed by atoms with Gasteiger partial charge in [0.15, 0.2) is 0 Å². The molecule has 1 unspecified atom stereocenters. The molecule has 2 amide bonds. The summed E-state index contributed by atoms with van der Waals surface area (Å²) in [5.74, 6) is -1.79. The molecule has 0 radical (unpaired) electrons. The SMILES string of the molecule is CCOC(=O)C1CCCN(C(=O)c2nn(-c3ccc(NC(C)=O)cc3)c(=O)n(Cc3ccccc3)c2=O)C1. The van der Waals surface area contributed by atoms with Crippen LogP contribution in [0.1, 0.15) is 42.7 Å². The van der Waals surface area contributed by atoms with Gasteiger partial charge in [0.05, 0.1) is 24.8 Å². The third-order valence-electron chi connectivity index (χ3n) is 6.21. The lowest BCUT2D eigenvalue weighted by atomic mass is 9.98. The topological polar surface area (TPSA) is 133 Å².